The normalized spacial score (nSPS) is 11.9. The summed E-state index contributed by atoms with van der Waals surface area (Å²) in [6.45, 7) is 10.2. The fourth-order valence-corrected chi connectivity index (χ4v) is 3.52. The molecular weight excluding hydrogens is 435 g/mol. The van der Waals surface area contributed by atoms with Gasteiger partial charge in [-0.2, -0.15) is 0 Å². The highest BCUT2D eigenvalue weighted by molar-refractivity contribution is 6.35. The number of hydrogen-bond acceptors (Lipinski definition) is 3. The summed E-state index contributed by atoms with van der Waals surface area (Å²) in [5, 5.41) is 3.84. The van der Waals surface area contributed by atoms with Gasteiger partial charge in [-0.15, -0.1) is 0 Å². The van der Waals surface area contributed by atoms with Crippen molar-refractivity contribution in [2.45, 2.75) is 47.2 Å². The van der Waals surface area contributed by atoms with Crippen molar-refractivity contribution >= 4 is 35.0 Å². The third kappa shape index (κ3) is 7.44. The first-order valence-electron chi connectivity index (χ1n) is 10.3. The monoisotopic (exact) mass is 464 g/mol. The van der Waals surface area contributed by atoms with E-state index >= 15 is 0 Å². The molecule has 1 N–H and O–H groups in total. The predicted molar refractivity (Wildman–Crippen MR) is 126 cm³/mol. The zero-order chi connectivity index (χ0) is 23.1. The first kappa shape index (κ1) is 25.0. The number of nitrogens with zero attached hydrogens (tertiary/aromatic N) is 1. The number of hydrogen-bond donors (Lipinski definition) is 1. The van der Waals surface area contributed by atoms with Crippen molar-refractivity contribution < 1.29 is 14.3 Å². The van der Waals surface area contributed by atoms with Gasteiger partial charge in [0.2, 0.25) is 5.91 Å². The molecule has 0 aliphatic carbocycles. The lowest BCUT2D eigenvalue weighted by molar-refractivity contribution is -0.142. The molecule has 2 amide bonds. The van der Waals surface area contributed by atoms with Crippen molar-refractivity contribution in [3.05, 3.63) is 63.1 Å². The van der Waals surface area contributed by atoms with Crippen LogP contribution in [0.15, 0.2) is 36.4 Å². The lowest BCUT2D eigenvalue weighted by Gasteiger charge is -2.29. The van der Waals surface area contributed by atoms with E-state index in [1.54, 1.807) is 25.1 Å². The maximum Gasteiger partial charge on any atom is 0.261 e. The van der Waals surface area contributed by atoms with E-state index in [1.165, 1.54) is 4.90 Å². The van der Waals surface area contributed by atoms with Crippen LogP contribution in [0, 0.1) is 19.8 Å². The Balaban J connectivity index is 2.20. The molecule has 1 atom stereocenters. The Hall–Kier alpha value is -2.24. The summed E-state index contributed by atoms with van der Waals surface area (Å²) in [4.78, 5) is 27.3. The Kier molecular flexibility index (Phi) is 9.20. The Labute approximate surface area is 194 Å². The summed E-state index contributed by atoms with van der Waals surface area (Å²) in [6.07, 6.45) is 0. The maximum atomic E-state index is 13.1. The first-order valence-corrected chi connectivity index (χ1v) is 11.0. The molecule has 0 spiro atoms. The molecule has 2 rings (SSSR count). The van der Waals surface area contributed by atoms with Crippen LogP contribution < -0.4 is 10.1 Å². The molecule has 2 aromatic carbocycles. The van der Waals surface area contributed by atoms with E-state index in [0.29, 0.717) is 33.8 Å². The minimum absolute atomic E-state index is 0.168. The molecule has 0 radical (unpaired) electrons. The Bertz CT molecular complexity index is 931. The van der Waals surface area contributed by atoms with Crippen molar-refractivity contribution in [1.29, 1.82) is 0 Å². The number of rotatable bonds is 9. The van der Waals surface area contributed by atoms with Gasteiger partial charge in [0.15, 0.2) is 6.61 Å². The number of aryl methyl sites for hydroxylation is 2. The Morgan fingerprint density at radius 3 is 2.39 bits per heavy atom. The fraction of sp³-hybridized carbons (Fsp3) is 0.417. The van der Waals surface area contributed by atoms with Gasteiger partial charge in [-0.25, -0.2) is 0 Å². The third-order valence-electron chi connectivity index (χ3n) is 4.89. The van der Waals surface area contributed by atoms with E-state index in [0.717, 1.165) is 11.1 Å². The van der Waals surface area contributed by atoms with E-state index in [4.69, 9.17) is 27.9 Å². The largest absolute Gasteiger partial charge is 0.483 e. The van der Waals surface area contributed by atoms with Crippen LogP contribution in [0.5, 0.6) is 5.75 Å². The number of ether oxygens (including phenoxy) is 1. The second-order valence-electron chi connectivity index (χ2n) is 8.13. The molecule has 0 heterocycles. The van der Waals surface area contributed by atoms with Crippen molar-refractivity contribution in [3.63, 3.8) is 0 Å². The first-order chi connectivity index (χ1) is 14.6. The minimum atomic E-state index is -0.694. The second-order valence-corrected chi connectivity index (χ2v) is 8.97. The van der Waals surface area contributed by atoms with Crippen molar-refractivity contribution in [1.82, 2.24) is 10.2 Å². The van der Waals surface area contributed by atoms with Crippen LogP contribution in [0.3, 0.4) is 0 Å². The molecule has 0 saturated heterocycles. The highest BCUT2D eigenvalue weighted by atomic mass is 35.5. The summed E-state index contributed by atoms with van der Waals surface area (Å²) in [5.74, 6) is 0.413. The highest BCUT2D eigenvalue weighted by Gasteiger charge is 2.27. The average molecular weight is 465 g/mol. The van der Waals surface area contributed by atoms with Gasteiger partial charge in [0.05, 0.1) is 0 Å². The van der Waals surface area contributed by atoms with E-state index < -0.39 is 6.04 Å². The topological polar surface area (TPSA) is 58.6 Å². The molecule has 0 aliphatic rings. The number of halogens is 2. The molecule has 5 nitrogen and oxygen atoms in total. The number of carbonyl (C=O) groups excluding carboxylic acids is 2. The number of benzene rings is 2. The van der Waals surface area contributed by atoms with Crippen LogP contribution in [0.2, 0.25) is 10.0 Å². The molecule has 0 bridgehead atoms. The van der Waals surface area contributed by atoms with Crippen LogP contribution in [-0.4, -0.2) is 35.9 Å². The molecule has 0 unspecified atom stereocenters. The predicted octanol–water partition coefficient (Wildman–Crippen LogP) is 5.18. The van der Waals surface area contributed by atoms with E-state index in [1.807, 2.05) is 45.9 Å². The molecule has 2 aromatic rings. The smallest absolute Gasteiger partial charge is 0.261 e. The zero-order valence-electron chi connectivity index (χ0n) is 18.7. The van der Waals surface area contributed by atoms with Gasteiger partial charge in [-0.3, -0.25) is 9.59 Å². The summed E-state index contributed by atoms with van der Waals surface area (Å²) >= 11 is 12.3. The van der Waals surface area contributed by atoms with Crippen molar-refractivity contribution in [3.8, 4) is 5.75 Å². The molecule has 31 heavy (non-hydrogen) atoms. The van der Waals surface area contributed by atoms with E-state index in [9.17, 15) is 9.59 Å². The van der Waals surface area contributed by atoms with Crippen LogP contribution >= 0.6 is 23.2 Å². The lowest BCUT2D eigenvalue weighted by Crippen LogP contribution is -2.49. The van der Waals surface area contributed by atoms with Gasteiger partial charge >= 0.3 is 0 Å². The quantitative estimate of drug-likeness (QED) is 0.555. The zero-order valence-corrected chi connectivity index (χ0v) is 20.2. The van der Waals surface area contributed by atoms with E-state index in [2.05, 4.69) is 5.32 Å². The molecule has 7 heteroatoms. The number of carbonyl (C=O) groups is 2. The summed E-state index contributed by atoms with van der Waals surface area (Å²) in [5.41, 5.74) is 2.77. The fourth-order valence-electron chi connectivity index (χ4n) is 3.05. The maximum absolute atomic E-state index is 13.1. The van der Waals surface area contributed by atoms with Gasteiger partial charge in [-0.05, 0) is 56.0 Å². The van der Waals surface area contributed by atoms with E-state index in [-0.39, 0.29) is 25.0 Å². The Morgan fingerprint density at radius 2 is 1.77 bits per heavy atom. The van der Waals surface area contributed by atoms with Gasteiger partial charge in [0.1, 0.15) is 11.8 Å². The molecule has 168 valence electrons. The van der Waals surface area contributed by atoms with Crippen LogP contribution in [-0.2, 0) is 16.1 Å². The SMILES string of the molecule is Cc1ccc(OCC(=O)N(Cc2ccc(Cl)cc2Cl)[C@H](C)C(=O)NCC(C)C)c(C)c1. The van der Waals surface area contributed by atoms with Crippen molar-refractivity contribution in [2.24, 2.45) is 5.92 Å². The summed E-state index contributed by atoms with van der Waals surface area (Å²) in [6, 6.07) is 10.2. The van der Waals surface area contributed by atoms with Gasteiger partial charge in [0.25, 0.3) is 5.91 Å². The van der Waals surface area contributed by atoms with Gasteiger partial charge in [-0.1, -0.05) is 60.8 Å². The number of nitrogens with one attached hydrogen (secondary N) is 1. The average Bonchev–Trinajstić information content (AvgIpc) is 2.70. The second kappa shape index (κ2) is 11.4. The van der Waals surface area contributed by atoms with Crippen LogP contribution in [0.4, 0.5) is 0 Å². The Morgan fingerprint density at radius 1 is 1.06 bits per heavy atom. The standard InChI is InChI=1S/C24H30Cl2N2O3/c1-15(2)12-27-24(30)18(5)28(13-19-7-8-20(25)11-21(19)26)23(29)14-31-22-9-6-16(3)10-17(22)4/h6-11,15,18H,12-14H2,1-5H3,(H,27,30)/t18-/m1/s1. The molecule has 0 aliphatic heterocycles. The summed E-state index contributed by atoms with van der Waals surface area (Å²) < 4.78 is 5.77. The van der Waals surface area contributed by atoms with Crippen molar-refractivity contribution in [2.75, 3.05) is 13.2 Å². The van der Waals surface area contributed by atoms with Gasteiger partial charge < -0.3 is 15.0 Å². The lowest BCUT2D eigenvalue weighted by atomic mass is 10.1. The minimum Gasteiger partial charge on any atom is -0.483 e. The number of amides is 2. The van der Waals surface area contributed by atoms with Crippen LogP contribution in [0.25, 0.3) is 0 Å². The summed E-state index contributed by atoms with van der Waals surface area (Å²) in [7, 11) is 0. The van der Waals surface area contributed by atoms with Gasteiger partial charge in [0, 0.05) is 23.1 Å². The highest BCUT2D eigenvalue weighted by Crippen LogP contribution is 2.24. The molecule has 0 fully saturated rings. The molecule has 0 aromatic heterocycles. The molecular formula is C24H30Cl2N2O3. The molecule has 0 saturated carbocycles. The third-order valence-corrected chi connectivity index (χ3v) is 5.48. The van der Waals surface area contributed by atoms with Crippen LogP contribution in [0.1, 0.15) is 37.5 Å².